The van der Waals surface area contributed by atoms with Crippen molar-refractivity contribution in [3.8, 4) is 11.5 Å². The first-order valence-corrected chi connectivity index (χ1v) is 9.24. The normalized spacial score (nSPS) is 11.5. The molecule has 2 rings (SSSR count). The molecule has 0 aliphatic rings. The Morgan fingerprint density at radius 1 is 0.889 bits per heavy atom. The molecule has 0 saturated heterocycles. The number of hydrogen-bond donors (Lipinski definition) is 0. The second-order valence-corrected chi connectivity index (χ2v) is 6.73. The minimum absolute atomic E-state index is 0.0900. The average molecular weight is 407 g/mol. The molecular weight excluding hydrogens is 392 g/mol. The largest absolute Gasteiger partial charge is 0.744 e. The summed E-state index contributed by atoms with van der Waals surface area (Å²) in [6, 6.07) is 7.22. The molecule has 2 aromatic rings. The summed E-state index contributed by atoms with van der Waals surface area (Å²) in [7, 11) is -5.75. The second-order valence-electron chi connectivity index (χ2n) is 5.42. The van der Waals surface area contributed by atoms with Gasteiger partial charge in [0.2, 0.25) is 11.6 Å². The first-order chi connectivity index (χ1) is 12.7. The van der Waals surface area contributed by atoms with Crippen LogP contribution in [0.3, 0.4) is 0 Å². The van der Waals surface area contributed by atoms with Crippen molar-refractivity contribution in [1.82, 2.24) is 0 Å². The van der Waals surface area contributed by atoms with E-state index in [0.717, 1.165) is 12.0 Å². The lowest BCUT2D eigenvalue weighted by atomic mass is 10.2. The molecule has 27 heavy (non-hydrogen) atoms. The van der Waals surface area contributed by atoms with Gasteiger partial charge in [0.15, 0.2) is 17.4 Å². The van der Waals surface area contributed by atoms with Gasteiger partial charge in [-0.1, -0.05) is 19.1 Å². The van der Waals surface area contributed by atoms with Crippen molar-refractivity contribution in [2.45, 2.75) is 24.7 Å². The maximum Gasteiger partial charge on any atom is 0.205 e. The van der Waals surface area contributed by atoms with E-state index in [-0.39, 0.29) is 19.6 Å². The smallest absolute Gasteiger partial charge is 0.205 e. The number of hydrogen-bond acceptors (Lipinski definition) is 5. The van der Waals surface area contributed by atoms with Gasteiger partial charge in [-0.05, 0) is 24.1 Å². The lowest BCUT2D eigenvalue weighted by Crippen LogP contribution is -2.13. The van der Waals surface area contributed by atoms with Gasteiger partial charge in [0.05, 0.1) is 13.2 Å². The molecule has 0 aromatic heterocycles. The molecule has 5 nitrogen and oxygen atoms in total. The van der Waals surface area contributed by atoms with E-state index >= 15 is 0 Å². The maximum absolute atomic E-state index is 13.7. The van der Waals surface area contributed by atoms with Gasteiger partial charge in [-0.3, -0.25) is 0 Å². The van der Waals surface area contributed by atoms with Crippen LogP contribution in [-0.4, -0.2) is 26.2 Å². The molecule has 148 valence electrons. The summed E-state index contributed by atoms with van der Waals surface area (Å²) < 4.78 is 96.9. The lowest BCUT2D eigenvalue weighted by Gasteiger charge is -2.14. The summed E-state index contributed by atoms with van der Waals surface area (Å²) in [6.07, 6.45) is 0.976. The molecule has 2 aromatic carbocycles. The number of ether oxygens (including phenoxy) is 2. The Balaban J connectivity index is 1.99. The van der Waals surface area contributed by atoms with Crippen LogP contribution in [0, 0.1) is 23.3 Å². The quantitative estimate of drug-likeness (QED) is 0.290. The van der Waals surface area contributed by atoms with Crippen molar-refractivity contribution in [2.24, 2.45) is 0 Å². The second kappa shape index (κ2) is 8.57. The molecule has 0 radical (unpaired) electrons. The molecule has 0 saturated carbocycles. The van der Waals surface area contributed by atoms with Gasteiger partial charge in [0, 0.05) is 6.42 Å². The lowest BCUT2D eigenvalue weighted by molar-refractivity contribution is 0.226. The molecule has 0 aliphatic carbocycles. The minimum atomic E-state index is -5.75. The fraction of sp³-hybridized carbons (Fsp3) is 0.294. The fourth-order valence-corrected chi connectivity index (χ4v) is 2.80. The van der Waals surface area contributed by atoms with Crippen LogP contribution in [0.4, 0.5) is 17.6 Å². The molecule has 10 heteroatoms. The van der Waals surface area contributed by atoms with Gasteiger partial charge < -0.3 is 14.0 Å². The van der Waals surface area contributed by atoms with Crippen molar-refractivity contribution >= 4 is 10.1 Å². The van der Waals surface area contributed by atoms with Crippen LogP contribution in [0.1, 0.15) is 18.9 Å². The molecule has 0 bridgehead atoms. The zero-order chi connectivity index (χ0) is 20.2. The Labute approximate surface area is 153 Å². The van der Waals surface area contributed by atoms with E-state index in [1.165, 1.54) is 0 Å². The standard InChI is InChI=1S/C17H16F4O5S/c1-2-10-4-6-11(7-5-10)25-8-3-9-26-16-12(18)14(20)17(27(22,23)24)15(21)13(16)19/h4-7H,2-3,8-9H2,1H3,(H,22,23,24)/p-1. The van der Waals surface area contributed by atoms with E-state index < -0.39 is 44.0 Å². The molecule has 0 aliphatic heterocycles. The van der Waals surface area contributed by atoms with Crippen molar-refractivity contribution in [3.05, 3.63) is 53.1 Å². The first-order valence-electron chi connectivity index (χ1n) is 7.83. The van der Waals surface area contributed by atoms with Crippen LogP contribution in [-0.2, 0) is 16.5 Å². The average Bonchev–Trinajstić information content (AvgIpc) is 2.62. The number of rotatable bonds is 8. The van der Waals surface area contributed by atoms with Crippen LogP contribution in [0.25, 0.3) is 0 Å². The Bertz CT molecular complexity index is 885. The van der Waals surface area contributed by atoms with E-state index in [1.54, 1.807) is 12.1 Å². The Kier molecular flexibility index (Phi) is 6.66. The summed E-state index contributed by atoms with van der Waals surface area (Å²) in [5, 5.41) is 0. The van der Waals surface area contributed by atoms with Gasteiger partial charge in [0.25, 0.3) is 0 Å². The van der Waals surface area contributed by atoms with E-state index in [4.69, 9.17) is 4.74 Å². The highest BCUT2D eigenvalue weighted by Crippen LogP contribution is 2.32. The number of halogens is 4. The maximum atomic E-state index is 13.7. The zero-order valence-corrected chi connectivity index (χ0v) is 14.9. The van der Waals surface area contributed by atoms with Gasteiger partial charge in [0.1, 0.15) is 20.8 Å². The van der Waals surface area contributed by atoms with Crippen LogP contribution < -0.4 is 9.47 Å². The molecule has 0 atom stereocenters. The van der Waals surface area contributed by atoms with Crippen LogP contribution in [0.5, 0.6) is 11.5 Å². The minimum Gasteiger partial charge on any atom is -0.744 e. The molecule has 0 unspecified atom stereocenters. The molecular formula is C17H15F4O5S-. The summed E-state index contributed by atoms with van der Waals surface area (Å²) in [4.78, 5) is -2.22. The monoisotopic (exact) mass is 407 g/mol. The van der Waals surface area contributed by atoms with Crippen molar-refractivity contribution in [3.63, 3.8) is 0 Å². The van der Waals surface area contributed by atoms with Crippen LogP contribution in [0.15, 0.2) is 29.2 Å². The van der Waals surface area contributed by atoms with Crippen molar-refractivity contribution < 1.29 is 40.0 Å². The predicted octanol–water partition coefficient (Wildman–Crippen LogP) is 3.56. The van der Waals surface area contributed by atoms with E-state index in [1.807, 2.05) is 19.1 Å². The third-order valence-corrected chi connectivity index (χ3v) is 4.43. The highest BCUT2D eigenvalue weighted by Gasteiger charge is 2.29. The molecule has 0 heterocycles. The van der Waals surface area contributed by atoms with Crippen molar-refractivity contribution in [2.75, 3.05) is 13.2 Å². The number of benzene rings is 2. The first kappa shape index (κ1) is 21.0. The third kappa shape index (κ3) is 4.89. The Hall–Kier alpha value is -2.33. The molecule has 0 fully saturated rings. The van der Waals surface area contributed by atoms with Crippen LogP contribution in [0.2, 0.25) is 0 Å². The fourth-order valence-electron chi connectivity index (χ4n) is 2.18. The van der Waals surface area contributed by atoms with E-state index in [9.17, 15) is 30.5 Å². The Morgan fingerprint density at radius 2 is 1.41 bits per heavy atom. The topological polar surface area (TPSA) is 75.7 Å². The Morgan fingerprint density at radius 3 is 1.89 bits per heavy atom. The van der Waals surface area contributed by atoms with E-state index in [2.05, 4.69) is 4.74 Å². The predicted molar refractivity (Wildman–Crippen MR) is 85.7 cm³/mol. The molecule has 0 spiro atoms. The summed E-state index contributed by atoms with van der Waals surface area (Å²) in [5.74, 6) is -9.73. The van der Waals surface area contributed by atoms with Crippen molar-refractivity contribution in [1.29, 1.82) is 0 Å². The SMILES string of the molecule is CCc1ccc(OCCCOc2c(F)c(F)c(S(=O)(=O)[O-])c(F)c2F)cc1. The highest BCUT2D eigenvalue weighted by molar-refractivity contribution is 7.85. The summed E-state index contributed by atoms with van der Waals surface area (Å²) in [5.41, 5.74) is 1.12. The number of aryl methyl sites for hydroxylation is 1. The summed E-state index contributed by atoms with van der Waals surface area (Å²) >= 11 is 0. The third-order valence-electron chi connectivity index (χ3n) is 3.57. The highest BCUT2D eigenvalue weighted by atomic mass is 32.2. The van der Waals surface area contributed by atoms with Gasteiger partial charge in [-0.25, -0.2) is 17.2 Å². The summed E-state index contributed by atoms with van der Waals surface area (Å²) in [6.45, 7) is 1.71. The molecule has 0 N–H and O–H groups in total. The van der Waals surface area contributed by atoms with Crippen LogP contribution >= 0.6 is 0 Å². The van der Waals surface area contributed by atoms with Gasteiger partial charge >= 0.3 is 0 Å². The van der Waals surface area contributed by atoms with Gasteiger partial charge in [-0.2, -0.15) is 8.78 Å². The van der Waals surface area contributed by atoms with Gasteiger partial charge in [-0.15, -0.1) is 0 Å². The van der Waals surface area contributed by atoms with E-state index in [0.29, 0.717) is 5.75 Å². The molecule has 0 amide bonds. The zero-order valence-electron chi connectivity index (χ0n) is 14.1.